The van der Waals surface area contributed by atoms with Gasteiger partial charge in [0.2, 0.25) is 0 Å². The molecule has 0 atom stereocenters. The third-order valence-corrected chi connectivity index (χ3v) is 5.99. The molecule has 0 aromatic carbocycles. The zero-order chi connectivity index (χ0) is 20.5. The van der Waals surface area contributed by atoms with E-state index in [0.29, 0.717) is 6.42 Å². The second kappa shape index (κ2) is 24.7. The molecule has 0 aromatic heterocycles. The van der Waals surface area contributed by atoms with E-state index >= 15 is 0 Å². The summed E-state index contributed by atoms with van der Waals surface area (Å²) in [6, 6.07) is 0. The van der Waals surface area contributed by atoms with Gasteiger partial charge >= 0.3 is 0 Å². The Labute approximate surface area is 177 Å². The molecule has 28 heavy (non-hydrogen) atoms. The van der Waals surface area contributed by atoms with Crippen LogP contribution in [0.2, 0.25) is 0 Å². The summed E-state index contributed by atoms with van der Waals surface area (Å²) >= 11 is 0. The molecule has 0 heterocycles. The summed E-state index contributed by atoms with van der Waals surface area (Å²) in [6.07, 6.45) is 31.0. The Kier molecular flexibility index (Phi) is 24.3. The lowest BCUT2D eigenvalue weighted by atomic mass is 10.0. The number of unbranched alkanes of at least 4 members (excludes halogenated alkanes) is 21. The lowest BCUT2D eigenvalue weighted by molar-refractivity contribution is -0.121. The summed E-state index contributed by atoms with van der Waals surface area (Å²) in [5, 5.41) is 8.66. The maximum absolute atomic E-state index is 11.0. The molecule has 0 saturated carbocycles. The van der Waals surface area contributed by atoms with Crippen LogP contribution in [0.25, 0.3) is 0 Å². The normalized spacial score (nSPS) is 11.2. The van der Waals surface area contributed by atoms with Crippen molar-refractivity contribution < 1.29 is 9.90 Å². The Morgan fingerprint density at radius 2 is 0.714 bits per heavy atom. The van der Waals surface area contributed by atoms with Crippen LogP contribution in [0.3, 0.4) is 0 Å². The van der Waals surface area contributed by atoms with Gasteiger partial charge in [-0.2, -0.15) is 0 Å². The van der Waals surface area contributed by atoms with Gasteiger partial charge in [0.05, 0.1) is 0 Å². The van der Waals surface area contributed by atoms with Crippen LogP contribution in [0.15, 0.2) is 0 Å². The SMILES string of the molecule is CCCCCCCCCCCCCCCCCCCCCCCCC(=O)CO. The lowest BCUT2D eigenvalue weighted by Crippen LogP contribution is -2.02. The topological polar surface area (TPSA) is 37.3 Å². The average molecular weight is 397 g/mol. The highest BCUT2D eigenvalue weighted by molar-refractivity contribution is 5.79. The molecule has 0 saturated heterocycles. The van der Waals surface area contributed by atoms with Crippen LogP contribution in [0, 0.1) is 0 Å². The highest BCUT2D eigenvalue weighted by Crippen LogP contribution is 2.15. The Hall–Kier alpha value is -0.370. The van der Waals surface area contributed by atoms with E-state index in [0.717, 1.165) is 12.8 Å². The number of ketones is 1. The molecule has 0 aliphatic carbocycles. The van der Waals surface area contributed by atoms with Crippen molar-refractivity contribution in [1.29, 1.82) is 0 Å². The van der Waals surface area contributed by atoms with E-state index in [9.17, 15) is 4.79 Å². The third kappa shape index (κ3) is 23.7. The third-order valence-electron chi connectivity index (χ3n) is 5.99. The summed E-state index contributed by atoms with van der Waals surface area (Å²) in [4.78, 5) is 11.0. The molecule has 0 spiro atoms. The summed E-state index contributed by atoms with van der Waals surface area (Å²) in [6.45, 7) is 2.01. The second-order valence-corrected chi connectivity index (χ2v) is 8.87. The number of aliphatic hydroxyl groups is 1. The zero-order valence-corrected chi connectivity index (χ0v) is 19.3. The fourth-order valence-corrected chi connectivity index (χ4v) is 4.01. The number of carbonyl (C=O) groups excluding carboxylic acids is 1. The van der Waals surface area contributed by atoms with Gasteiger partial charge in [0, 0.05) is 6.42 Å². The largest absolute Gasteiger partial charge is 0.389 e. The first-order valence-corrected chi connectivity index (χ1v) is 12.9. The van der Waals surface area contributed by atoms with Crippen LogP contribution in [0.5, 0.6) is 0 Å². The molecule has 0 fully saturated rings. The van der Waals surface area contributed by atoms with Crippen molar-refractivity contribution in [2.45, 2.75) is 155 Å². The van der Waals surface area contributed by atoms with E-state index in [2.05, 4.69) is 6.92 Å². The summed E-state index contributed by atoms with van der Waals surface area (Å²) in [5.41, 5.74) is 0. The van der Waals surface area contributed by atoms with Gasteiger partial charge in [0.25, 0.3) is 0 Å². The molecule has 1 N–H and O–H groups in total. The number of Topliss-reactive ketones (excluding diaryl/α,β-unsaturated/α-hetero) is 1. The van der Waals surface area contributed by atoms with Crippen LogP contribution in [-0.2, 0) is 4.79 Å². The molecular weight excluding hydrogens is 344 g/mol. The molecule has 168 valence electrons. The smallest absolute Gasteiger partial charge is 0.158 e. The fourth-order valence-electron chi connectivity index (χ4n) is 4.01. The van der Waals surface area contributed by atoms with Crippen molar-refractivity contribution >= 4 is 5.78 Å². The van der Waals surface area contributed by atoms with E-state index in [1.807, 2.05) is 0 Å². The average Bonchev–Trinajstić information content (AvgIpc) is 2.71. The van der Waals surface area contributed by atoms with Crippen LogP contribution in [0.1, 0.15) is 155 Å². The van der Waals surface area contributed by atoms with E-state index in [1.54, 1.807) is 0 Å². The Morgan fingerprint density at radius 1 is 0.464 bits per heavy atom. The minimum atomic E-state index is -0.279. The molecular formula is C26H52O2. The molecule has 0 aliphatic rings. The first-order valence-electron chi connectivity index (χ1n) is 12.9. The standard InChI is InChI=1S/C26H52O2/c1-2-3-4-5-6-7-8-9-10-11-12-13-14-15-16-17-18-19-20-21-22-23-24-26(28)25-27/h27H,2-25H2,1H3. The molecule has 0 aliphatic heterocycles. The van der Waals surface area contributed by atoms with E-state index < -0.39 is 0 Å². The maximum atomic E-state index is 11.0. The van der Waals surface area contributed by atoms with Crippen molar-refractivity contribution in [2.24, 2.45) is 0 Å². The van der Waals surface area contributed by atoms with E-state index in [4.69, 9.17) is 5.11 Å². The van der Waals surface area contributed by atoms with Crippen LogP contribution in [-0.4, -0.2) is 17.5 Å². The van der Waals surface area contributed by atoms with Crippen molar-refractivity contribution in [2.75, 3.05) is 6.61 Å². The summed E-state index contributed by atoms with van der Waals surface area (Å²) in [7, 11) is 0. The molecule has 0 unspecified atom stereocenters. The van der Waals surface area contributed by atoms with Crippen LogP contribution in [0.4, 0.5) is 0 Å². The van der Waals surface area contributed by atoms with Crippen LogP contribution >= 0.6 is 0 Å². The Morgan fingerprint density at radius 3 is 0.964 bits per heavy atom. The monoisotopic (exact) mass is 396 g/mol. The molecule has 0 bridgehead atoms. The fraction of sp³-hybridized carbons (Fsp3) is 0.962. The van der Waals surface area contributed by atoms with Crippen molar-refractivity contribution in [3.05, 3.63) is 0 Å². The Balaban J connectivity index is 3.00. The second-order valence-electron chi connectivity index (χ2n) is 8.87. The Bertz CT molecular complexity index is 301. The molecule has 0 amide bonds. The van der Waals surface area contributed by atoms with Gasteiger partial charge in [-0.15, -0.1) is 0 Å². The quantitative estimate of drug-likeness (QED) is 0.166. The predicted molar refractivity (Wildman–Crippen MR) is 124 cm³/mol. The van der Waals surface area contributed by atoms with Gasteiger partial charge in [-0.05, 0) is 6.42 Å². The minimum absolute atomic E-state index is 0.00633. The number of hydrogen-bond donors (Lipinski definition) is 1. The van der Waals surface area contributed by atoms with Crippen molar-refractivity contribution in [3.63, 3.8) is 0 Å². The first kappa shape index (κ1) is 27.6. The summed E-state index contributed by atoms with van der Waals surface area (Å²) < 4.78 is 0. The number of hydrogen-bond acceptors (Lipinski definition) is 2. The minimum Gasteiger partial charge on any atom is -0.389 e. The lowest BCUT2D eigenvalue weighted by Gasteiger charge is -2.04. The molecule has 0 radical (unpaired) electrons. The molecule has 0 rings (SSSR count). The van der Waals surface area contributed by atoms with Gasteiger partial charge in [0.1, 0.15) is 6.61 Å². The van der Waals surface area contributed by atoms with Gasteiger partial charge in [-0.1, -0.05) is 142 Å². The zero-order valence-electron chi connectivity index (χ0n) is 19.3. The highest BCUT2D eigenvalue weighted by Gasteiger charge is 1.99. The van der Waals surface area contributed by atoms with Gasteiger partial charge in [0.15, 0.2) is 5.78 Å². The molecule has 0 aromatic rings. The number of carbonyl (C=O) groups is 1. The summed E-state index contributed by atoms with van der Waals surface area (Å²) in [5.74, 6) is -0.00633. The van der Waals surface area contributed by atoms with E-state index in [-0.39, 0.29) is 12.4 Å². The highest BCUT2D eigenvalue weighted by atomic mass is 16.3. The maximum Gasteiger partial charge on any atom is 0.158 e. The number of aliphatic hydroxyl groups excluding tert-OH is 1. The predicted octanol–water partition coefficient (Wildman–Crippen LogP) is 8.54. The molecule has 2 heteroatoms. The van der Waals surface area contributed by atoms with Gasteiger partial charge in [-0.25, -0.2) is 0 Å². The van der Waals surface area contributed by atoms with Gasteiger partial charge < -0.3 is 5.11 Å². The van der Waals surface area contributed by atoms with Crippen molar-refractivity contribution in [3.8, 4) is 0 Å². The number of rotatable bonds is 24. The first-order chi connectivity index (χ1) is 13.8. The molecule has 2 nitrogen and oxygen atoms in total. The van der Waals surface area contributed by atoms with Crippen LogP contribution < -0.4 is 0 Å². The van der Waals surface area contributed by atoms with Crippen molar-refractivity contribution in [1.82, 2.24) is 0 Å². The van der Waals surface area contributed by atoms with E-state index in [1.165, 1.54) is 128 Å². The van der Waals surface area contributed by atoms with Gasteiger partial charge in [-0.3, -0.25) is 4.79 Å².